The highest BCUT2D eigenvalue weighted by atomic mass is 79.9. The van der Waals surface area contributed by atoms with Crippen LogP contribution in [0.4, 0.5) is 0 Å². The first-order chi connectivity index (χ1) is 8.06. The molecule has 1 aromatic heterocycles. The monoisotopic (exact) mass is 364 g/mol. The second-order valence-electron chi connectivity index (χ2n) is 4.22. The normalized spacial score (nSPS) is 21.7. The predicted octanol–water partition coefficient (Wildman–Crippen LogP) is 1.70. The molecule has 1 aromatic rings. The van der Waals surface area contributed by atoms with Crippen LogP contribution in [0.25, 0.3) is 0 Å². The van der Waals surface area contributed by atoms with Gasteiger partial charge in [0.1, 0.15) is 0 Å². The summed E-state index contributed by atoms with van der Waals surface area (Å²) in [5.41, 5.74) is -0.0231. The van der Waals surface area contributed by atoms with E-state index in [2.05, 4.69) is 43.8 Å². The predicted molar refractivity (Wildman–Crippen MR) is 73.3 cm³/mol. The standard InChI is InChI=1S/C11H14Br2N2O2/c1-14-2-3-17-9(6-14)7-15-5-8(12)4-10(13)11(15)16/h4-5,9H,2-3,6-7H2,1H3. The van der Waals surface area contributed by atoms with E-state index in [0.29, 0.717) is 11.0 Å². The molecule has 0 N–H and O–H groups in total. The molecule has 0 saturated carbocycles. The van der Waals surface area contributed by atoms with Crippen molar-refractivity contribution in [2.45, 2.75) is 12.6 Å². The number of aromatic nitrogens is 1. The minimum Gasteiger partial charge on any atom is -0.374 e. The molecule has 1 aliphatic heterocycles. The topological polar surface area (TPSA) is 34.5 Å². The van der Waals surface area contributed by atoms with Gasteiger partial charge < -0.3 is 14.2 Å². The molecule has 0 radical (unpaired) electrons. The smallest absolute Gasteiger partial charge is 0.264 e. The van der Waals surface area contributed by atoms with Gasteiger partial charge in [0.15, 0.2) is 0 Å². The molecule has 1 saturated heterocycles. The van der Waals surface area contributed by atoms with E-state index < -0.39 is 0 Å². The van der Waals surface area contributed by atoms with Gasteiger partial charge in [-0.3, -0.25) is 4.79 Å². The molecule has 1 atom stereocenters. The van der Waals surface area contributed by atoms with Crippen molar-refractivity contribution < 1.29 is 4.74 Å². The number of morpholine rings is 1. The van der Waals surface area contributed by atoms with Crippen LogP contribution in [-0.4, -0.2) is 42.3 Å². The Labute approximate surface area is 117 Å². The highest BCUT2D eigenvalue weighted by molar-refractivity contribution is 9.11. The molecule has 2 rings (SSSR count). The highest BCUT2D eigenvalue weighted by Gasteiger charge is 2.18. The molecule has 6 heteroatoms. The molecule has 2 heterocycles. The van der Waals surface area contributed by atoms with Crippen molar-refractivity contribution in [2.75, 3.05) is 26.7 Å². The molecule has 0 spiro atoms. The van der Waals surface area contributed by atoms with Gasteiger partial charge >= 0.3 is 0 Å². The van der Waals surface area contributed by atoms with E-state index in [4.69, 9.17) is 4.74 Å². The SMILES string of the molecule is CN1CCOC(Cn2cc(Br)cc(Br)c2=O)C1. The van der Waals surface area contributed by atoms with Crippen LogP contribution < -0.4 is 5.56 Å². The van der Waals surface area contributed by atoms with Crippen LogP contribution in [0.15, 0.2) is 26.0 Å². The fraction of sp³-hybridized carbons (Fsp3) is 0.545. The van der Waals surface area contributed by atoms with Gasteiger partial charge in [-0.05, 0) is 45.0 Å². The molecule has 0 amide bonds. The molecule has 1 unspecified atom stereocenters. The van der Waals surface area contributed by atoms with Crippen molar-refractivity contribution in [3.05, 3.63) is 31.6 Å². The lowest BCUT2D eigenvalue weighted by Gasteiger charge is -2.30. The van der Waals surface area contributed by atoms with E-state index in [-0.39, 0.29) is 11.7 Å². The molecule has 94 valence electrons. The van der Waals surface area contributed by atoms with E-state index in [9.17, 15) is 4.79 Å². The van der Waals surface area contributed by atoms with Crippen molar-refractivity contribution in [1.82, 2.24) is 9.47 Å². The molecule has 4 nitrogen and oxygen atoms in total. The molecule has 17 heavy (non-hydrogen) atoms. The van der Waals surface area contributed by atoms with E-state index in [1.54, 1.807) is 16.8 Å². The minimum absolute atomic E-state index is 0.0231. The van der Waals surface area contributed by atoms with Crippen LogP contribution in [0.1, 0.15) is 0 Å². The van der Waals surface area contributed by atoms with E-state index in [0.717, 1.165) is 24.2 Å². The number of hydrogen-bond acceptors (Lipinski definition) is 3. The van der Waals surface area contributed by atoms with Crippen molar-refractivity contribution in [2.24, 2.45) is 0 Å². The molecular weight excluding hydrogens is 352 g/mol. The van der Waals surface area contributed by atoms with Gasteiger partial charge in [-0.15, -0.1) is 0 Å². The van der Waals surface area contributed by atoms with E-state index >= 15 is 0 Å². The zero-order valence-electron chi connectivity index (χ0n) is 9.53. The molecular formula is C11H14Br2N2O2. The lowest BCUT2D eigenvalue weighted by molar-refractivity contribution is -0.0279. The largest absolute Gasteiger partial charge is 0.374 e. The average molecular weight is 366 g/mol. The fourth-order valence-electron chi connectivity index (χ4n) is 1.90. The maximum Gasteiger partial charge on any atom is 0.264 e. The molecule has 0 aliphatic carbocycles. The van der Waals surface area contributed by atoms with Crippen LogP contribution in [-0.2, 0) is 11.3 Å². The summed E-state index contributed by atoms with van der Waals surface area (Å²) in [6.07, 6.45) is 1.87. The summed E-state index contributed by atoms with van der Waals surface area (Å²) < 4.78 is 8.78. The Bertz CT molecular complexity index is 461. The Balaban J connectivity index is 2.15. The summed E-state index contributed by atoms with van der Waals surface area (Å²) >= 11 is 6.64. The number of pyridine rings is 1. The first-order valence-electron chi connectivity index (χ1n) is 5.42. The number of likely N-dealkylation sites (N-methyl/N-ethyl adjacent to an activating group) is 1. The number of hydrogen-bond donors (Lipinski definition) is 0. The fourth-order valence-corrected chi connectivity index (χ4v) is 3.15. The third kappa shape index (κ3) is 3.40. The Kier molecular flexibility index (Phi) is 4.41. The maximum absolute atomic E-state index is 11.9. The number of rotatable bonds is 2. The van der Waals surface area contributed by atoms with Crippen molar-refractivity contribution >= 4 is 31.9 Å². The summed E-state index contributed by atoms with van der Waals surface area (Å²) in [6, 6.07) is 1.76. The van der Waals surface area contributed by atoms with Crippen molar-refractivity contribution in [3.63, 3.8) is 0 Å². The first kappa shape index (κ1) is 13.3. The summed E-state index contributed by atoms with van der Waals surface area (Å²) in [5, 5.41) is 0. The van der Waals surface area contributed by atoms with Crippen molar-refractivity contribution in [1.29, 1.82) is 0 Å². The quantitative estimate of drug-likeness (QED) is 0.800. The van der Waals surface area contributed by atoms with E-state index in [1.807, 2.05) is 0 Å². The summed E-state index contributed by atoms with van der Waals surface area (Å²) in [5.74, 6) is 0. The van der Waals surface area contributed by atoms with Crippen LogP contribution in [0, 0.1) is 0 Å². The molecule has 1 fully saturated rings. The number of ether oxygens (including phenoxy) is 1. The van der Waals surface area contributed by atoms with Crippen LogP contribution >= 0.6 is 31.9 Å². The van der Waals surface area contributed by atoms with Gasteiger partial charge in [0, 0.05) is 23.8 Å². The second kappa shape index (κ2) is 5.65. The lowest BCUT2D eigenvalue weighted by atomic mass is 10.3. The number of nitrogens with zero attached hydrogens (tertiary/aromatic N) is 2. The first-order valence-corrected chi connectivity index (χ1v) is 7.00. The van der Waals surface area contributed by atoms with Gasteiger partial charge in [0.05, 0.1) is 23.7 Å². The van der Waals surface area contributed by atoms with E-state index in [1.165, 1.54) is 0 Å². The van der Waals surface area contributed by atoms with Gasteiger partial charge in [-0.1, -0.05) is 0 Å². The Morgan fingerprint density at radius 2 is 2.29 bits per heavy atom. The molecule has 0 bridgehead atoms. The Morgan fingerprint density at radius 1 is 1.53 bits per heavy atom. The van der Waals surface area contributed by atoms with Gasteiger partial charge in [0.25, 0.3) is 5.56 Å². The summed E-state index contributed by atoms with van der Waals surface area (Å²) in [4.78, 5) is 14.1. The molecule has 0 aromatic carbocycles. The maximum atomic E-state index is 11.9. The van der Waals surface area contributed by atoms with Crippen molar-refractivity contribution in [3.8, 4) is 0 Å². The van der Waals surface area contributed by atoms with Crippen LogP contribution in [0.5, 0.6) is 0 Å². The average Bonchev–Trinajstić information content (AvgIpc) is 2.25. The third-order valence-corrected chi connectivity index (χ3v) is 3.75. The Morgan fingerprint density at radius 3 is 3.00 bits per heavy atom. The van der Waals surface area contributed by atoms with Crippen LogP contribution in [0.3, 0.4) is 0 Å². The zero-order chi connectivity index (χ0) is 12.4. The van der Waals surface area contributed by atoms with Gasteiger partial charge in [-0.2, -0.15) is 0 Å². The highest BCUT2D eigenvalue weighted by Crippen LogP contribution is 2.14. The third-order valence-electron chi connectivity index (χ3n) is 2.75. The Hall–Kier alpha value is -0.170. The van der Waals surface area contributed by atoms with Gasteiger partial charge in [0.2, 0.25) is 0 Å². The minimum atomic E-state index is -0.0231. The molecule has 1 aliphatic rings. The lowest BCUT2D eigenvalue weighted by Crippen LogP contribution is -2.43. The zero-order valence-corrected chi connectivity index (χ0v) is 12.7. The number of halogens is 2. The summed E-state index contributed by atoms with van der Waals surface area (Å²) in [7, 11) is 2.06. The second-order valence-corrected chi connectivity index (χ2v) is 5.99. The van der Waals surface area contributed by atoms with Gasteiger partial charge in [-0.25, -0.2) is 0 Å². The van der Waals surface area contributed by atoms with Crippen LogP contribution in [0.2, 0.25) is 0 Å². The summed E-state index contributed by atoms with van der Waals surface area (Å²) in [6.45, 7) is 3.12.